The van der Waals surface area contributed by atoms with Crippen molar-refractivity contribution < 1.29 is 18.0 Å². The molecule has 2 aromatic rings. The lowest BCUT2D eigenvalue weighted by Crippen LogP contribution is -2.33. The minimum Gasteiger partial charge on any atom is -0.354 e. The first-order valence-electron chi connectivity index (χ1n) is 8.28. The molecule has 1 aliphatic rings. The molecule has 1 amide bonds. The molecule has 0 saturated heterocycles. The summed E-state index contributed by atoms with van der Waals surface area (Å²) in [5.74, 6) is -0.266. The SMILES string of the molecule is CC(C(=O)NCCCn1cccn1)n1nc(C(F)(F)F)cc1C1CC1. The van der Waals surface area contributed by atoms with Crippen LogP contribution in [0.2, 0.25) is 0 Å². The molecule has 2 aromatic heterocycles. The van der Waals surface area contributed by atoms with Crippen molar-refractivity contribution in [2.75, 3.05) is 6.54 Å². The zero-order valence-electron chi connectivity index (χ0n) is 13.8. The maximum absolute atomic E-state index is 12.9. The Hall–Kier alpha value is -2.32. The number of alkyl halides is 3. The highest BCUT2D eigenvalue weighted by molar-refractivity contribution is 5.79. The predicted octanol–water partition coefficient (Wildman–Crippen LogP) is 2.74. The Bertz CT molecular complexity index is 719. The van der Waals surface area contributed by atoms with Gasteiger partial charge in [0.05, 0.1) is 0 Å². The standard InChI is InChI=1S/C16H20F3N5O/c1-11(15(25)20-6-2-8-23-9-3-7-21-23)24-13(12-4-5-12)10-14(22-24)16(17,18)19/h3,7,9-12H,2,4-6,8H2,1H3,(H,20,25). The number of aromatic nitrogens is 4. The second-order valence-electron chi connectivity index (χ2n) is 6.26. The van der Waals surface area contributed by atoms with E-state index in [9.17, 15) is 18.0 Å². The molecule has 2 heterocycles. The molecular formula is C16H20F3N5O. The maximum Gasteiger partial charge on any atom is 0.435 e. The third-order valence-electron chi connectivity index (χ3n) is 4.22. The van der Waals surface area contributed by atoms with Gasteiger partial charge < -0.3 is 5.32 Å². The van der Waals surface area contributed by atoms with Crippen molar-refractivity contribution >= 4 is 5.91 Å². The van der Waals surface area contributed by atoms with Gasteiger partial charge in [0, 0.05) is 37.1 Å². The molecule has 1 fully saturated rings. The van der Waals surface area contributed by atoms with Crippen LogP contribution in [0, 0.1) is 0 Å². The number of amides is 1. The van der Waals surface area contributed by atoms with Crippen molar-refractivity contribution in [1.82, 2.24) is 24.9 Å². The van der Waals surface area contributed by atoms with E-state index < -0.39 is 17.9 Å². The summed E-state index contributed by atoms with van der Waals surface area (Å²) in [6.45, 7) is 2.66. The van der Waals surface area contributed by atoms with Gasteiger partial charge in [0.25, 0.3) is 0 Å². The molecule has 1 atom stereocenters. The summed E-state index contributed by atoms with van der Waals surface area (Å²) in [7, 11) is 0. The zero-order valence-corrected chi connectivity index (χ0v) is 13.8. The average molecular weight is 355 g/mol. The molecule has 25 heavy (non-hydrogen) atoms. The van der Waals surface area contributed by atoms with Crippen LogP contribution in [0.5, 0.6) is 0 Å². The van der Waals surface area contributed by atoms with Crippen LogP contribution in [0.25, 0.3) is 0 Å². The molecule has 1 N–H and O–H groups in total. The van der Waals surface area contributed by atoms with Crippen LogP contribution in [0.4, 0.5) is 13.2 Å². The van der Waals surface area contributed by atoms with E-state index >= 15 is 0 Å². The van der Waals surface area contributed by atoms with Crippen LogP contribution in [0.15, 0.2) is 24.5 Å². The minimum atomic E-state index is -4.51. The number of nitrogens with zero attached hydrogens (tertiary/aromatic N) is 4. The van der Waals surface area contributed by atoms with Gasteiger partial charge in [0.15, 0.2) is 5.69 Å². The number of carbonyl (C=O) groups excluding carboxylic acids is 1. The van der Waals surface area contributed by atoms with Gasteiger partial charge in [-0.2, -0.15) is 23.4 Å². The van der Waals surface area contributed by atoms with Crippen LogP contribution in [-0.4, -0.2) is 32.0 Å². The molecule has 136 valence electrons. The number of halogens is 3. The molecule has 1 aliphatic carbocycles. The summed E-state index contributed by atoms with van der Waals surface area (Å²) in [5.41, 5.74) is -0.445. The van der Waals surface area contributed by atoms with Crippen LogP contribution in [-0.2, 0) is 17.5 Å². The molecule has 1 unspecified atom stereocenters. The molecule has 0 spiro atoms. The fraction of sp³-hybridized carbons (Fsp3) is 0.562. The van der Waals surface area contributed by atoms with Crippen molar-refractivity contribution in [2.45, 2.75) is 50.9 Å². The third-order valence-corrected chi connectivity index (χ3v) is 4.22. The van der Waals surface area contributed by atoms with Crippen LogP contribution in [0.1, 0.15) is 49.5 Å². The van der Waals surface area contributed by atoms with E-state index in [4.69, 9.17) is 0 Å². The van der Waals surface area contributed by atoms with Crippen molar-refractivity contribution in [3.05, 3.63) is 35.9 Å². The first-order valence-corrected chi connectivity index (χ1v) is 8.28. The molecule has 0 aromatic carbocycles. The van der Waals surface area contributed by atoms with Crippen molar-refractivity contribution in [2.24, 2.45) is 0 Å². The molecule has 1 saturated carbocycles. The van der Waals surface area contributed by atoms with Crippen LogP contribution < -0.4 is 5.32 Å². The highest BCUT2D eigenvalue weighted by Crippen LogP contribution is 2.42. The van der Waals surface area contributed by atoms with Gasteiger partial charge in [-0.25, -0.2) is 0 Å². The normalized spacial score (nSPS) is 16.0. The highest BCUT2D eigenvalue weighted by Gasteiger charge is 2.39. The Morgan fingerprint density at radius 2 is 2.20 bits per heavy atom. The lowest BCUT2D eigenvalue weighted by Gasteiger charge is -2.15. The molecule has 0 bridgehead atoms. The van der Waals surface area contributed by atoms with E-state index in [1.54, 1.807) is 17.8 Å². The van der Waals surface area contributed by atoms with Gasteiger partial charge in [0.1, 0.15) is 6.04 Å². The van der Waals surface area contributed by atoms with Crippen LogP contribution in [0.3, 0.4) is 0 Å². The number of nitrogens with one attached hydrogen (secondary N) is 1. The Morgan fingerprint density at radius 1 is 1.44 bits per heavy atom. The van der Waals surface area contributed by atoms with Crippen LogP contribution >= 0.6 is 0 Å². The number of hydrogen-bond donors (Lipinski definition) is 1. The van der Waals surface area contributed by atoms with Gasteiger partial charge in [-0.3, -0.25) is 14.2 Å². The number of aryl methyl sites for hydroxylation is 1. The summed E-state index contributed by atoms with van der Waals surface area (Å²) in [4.78, 5) is 12.3. The maximum atomic E-state index is 12.9. The van der Waals surface area contributed by atoms with E-state index in [0.29, 0.717) is 25.2 Å². The summed E-state index contributed by atoms with van der Waals surface area (Å²) in [6.07, 6.45) is 1.35. The van der Waals surface area contributed by atoms with E-state index in [0.717, 1.165) is 18.9 Å². The average Bonchev–Trinajstić information content (AvgIpc) is 3.09. The second-order valence-corrected chi connectivity index (χ2v) is 6.26. The summed E-state index contributed by atoms with van der Waals surface area (Å²) in [6, 6.07) is 2.10. The molecule has 6 nitrogen and oxygen atoms in total. The quantitative estimate of drug-likeness (QED) is 0.777. The summed E-state index contributed by atoms with van der Waals surface area (Å²) in [5, 5.41) is 10.5. The van der Waals surface area contributed by atoms with Gasteiger partial charge in [-0.1, -0.05) is 0 Å². The Balaban J connectivity index is 1.60. The highest BCUT2D eigenvalue weighted by atomic mass is 19.4. The van der Waals surface area contributed by atoms with Gasteiger partial charge >= 0.3 is 6.18 Å². The van der Waals surface area contributed by atoms with Gasteiger partial charge in [-0.05, 0) is 38.3 Å². The third kappa shape index (κ3) is 4.21. The van der Waals surface area contributed by atoms with E-state index in [2.05, 4.69) is 15.5 Å². The number of hydrogen-bond acceptors (Lipinski definition) is 3. The lowest BCUT2D eigenvalue weighted by molar-refractivity contribution is -0.142. The largest absolute Gasteiger partial charge is 0.435 e. The fourth-order valence-electron chi connectivity index (χ4n) is 2.69. The lowest BCUT2D eigenvalue weighted by atomic mass is 10.2. The van der Waals surface area contributed by atoms with Gasteiger partial charge in [-0.15, -0.1) is 0 Å². The monoisotopic (exact) mass is 355 g/mol. The van der Waals surface area contributed by atoms with Crippen molar-refractivity contribution in [1.29, 1.82) is 0 Å². The first kappa shape index (κ1) is 17.5. The zero-order chi connectivity index (χ0) is 18.0. The summed E-state index contributed by atoms with van der Waals surface area (Å²) >= 11 is 0. The smallest absolute Gasteiger partial charge is 0.354 e. The molecule has 3 rings (SSSR count). The van der Waals surface area contributed by atoms with Gasteiger partial charge in [0.2, 0.25) is 5.91 Å². The molecular weight excluding hydrogens is 335 g/mol. The van der Waals surface area contributed by atoms with E-state index in [-0.39, 0.29) is 11.8 Å². The van der Waals surface area contributed by atoms with E-state index in [1.165, 1.54) is 4.68 Å². The first-order chi connectivity index (χ1) is 11.9. The Labute approximate surface area is 143 Å². The molecule has 0 aliphatic heterocycles. The summed E-state index contributed by atoms with van der Waals surface area (Å²) < 4.78 is 41.8. The number of carbonyl (C=O) groups is 1. The molecule has 0 radical (unpaired) electrons. The fourth-order valence-corrected chi connectivity index (χ4v) is 2.69. The minimum absolute atomic E-state index is 0.0682. The van der Waals surface area contributed by atoms with E-state index in [1.807, 2.05) is 12.3 Å². The second kappa shape index (κ2) is 6.89. The molecule has 9 heteroatoms. The topological polar surface area (TPSA) is 64.7 Å². The van der Waals surface area contributed by atoms with Crippen molar-refractivity contribution in [3.8, 4) is 0 Å². The predicted molar refractivity (Wildman–Crippen MR) is 83.8 cm³/mol. The Morgan fingerprint density at radius 3 is 2.80 bits per heavy atom. The van der Waals surface area contributed by atoms with Crippen molar-refractivity contribution in [3.63, 3.8) is 0 Å². The number of rotatable bonds is 7. The Kier molecular flexibility index (Phi) is 4.82.